The highest BCUT2D eigenvalue weighted by Gasteiger charge is 2.09. The number of aromatic nitrogens is 2. The first kappa shape index (κ1) is 13.0. The summed E-state index contributed by atoms with van der Waals surface area (Å²) in [6, 6.07) is 15.9. The quantitative estimate of drug-likeness (QED) is 0.679. The van der Waals surface area contributed by atoms with Gasteiger partial charge in [0.15, 0.2) is 5.82 Å². The van der Waals surface area contributed by atoms with Gasteiger partial charge in [0.25, 0.3) is 0 Å². The predicted octanol–water partition coefficient (Wildman–Crippen LogP) is 4.10. The zero-order valence-electron chi connectivity index (χ0n) is 11.0. The van der Waals surface area contributed by atoms with Crippen molar-refractivity contribution in [2.45, 2.75) is 6.61 Å². The Morgan fingerprint density at radius 2 is 1.85 bits per heavy atom. The second-order valence-electron chi connectivity index (χ2n) is 4.47. The van der Waals surface area contributed by atoms with Crippen molar-refractivity contribution in [1.29, 1.82) is 0 Å². The molecule has 4 heteroatoms. The fraction of sp³-hybridized carbons (Fsp3) is 0.125. The Kier molecular flexibility index (Phi) is 3.63. The fourth-order valence-electron chi connectivity index (χ4n) is 2.23. The van der Waals surface area contributed by atoms with Crippen molar-refractivity contribution in [2.75, 3.05) is 7.11 Å². The van der Waals surface area contributed by atoms with Crippen LogP contribution in [0.15, 0.2) is 48.5 Å². The molecule has 0 N–H and O–H groups in total. The molecular weight excluding hydrogens is 272 g/mol. The van der Waals surface area contributed by atoms with E-state index in [9.17, 15) is 0 Å². The maximum Gasteiger partial charge on any atom is 0.161 e. The first-order valence-corrected chi connectivity index (χ1v) is 6.66. The van der Waals surface area contributed by atoms with E-state index < -0.39 is 0 Å². The molecule has 0 aliphatic carbocycles. The number of halogens is 1. The van der Waals surface area contributed by atoms with Crippen LogP contribution in [0.5, 0.6) is 0 Å². The lowest BCUT2D eigenvalue weighted by Gasteiger charge is -2.07. The average molecular weight is 285 g/mol. The van der Waals surface area contributed by atoms with Crippen molar-refractivity contribution in [3.05, 3.63) is 59.4 Å². The lowest BCUT2D eigenvalue weighted by molar-refractivity contribution is 0.181. The summed E-state index contributed by atoms with van der Waals surface area (Å²) in [6.45, 7) is 0.417. The highest BCUT2D eigenvalue weighted by Crippen LogP contribution is 2.27. The number of ether oxygens (including phenoxy) is 1. The van der Waals surface area contributed by atoms with Gasteiger partial charge >= 0.3 is 0 Å². The summed E-state index contributed by atoms with van der Waals surface area (Å²) in [6.07, 6.45) is 0. The summed E-state index contributed by atoms with van der Waals surface area (Å²) in [5.41, 5.74) is 1.75. The Morgan fingerprint density at radius 1 is 1.05 bits per heavy atom. The number of rotatable bonds is 3. The zero-order valence-corrected chi connectivity index (χ0v) is 11.8. The number of hydrogen-bond donors (Lipinski definition) is 0. The molecule has 20 heavy (non-hydrogen) atoms. The van der Waals surface area contributed by atoms with Crippen LogP contribution < -0.4 is 0 Å². The number of benzene rings is 2. The Morgan fingerprint density at radius 3 is 2.70 bits per heavy atom. The number of nitrogens with zero attached hydrogens (tertiary/aromatic N) is 2. The molecule has 0 fully saturated rings. The highest BCUT2D eigenvalue weighted by atomic mass is 35.5. The van der Waals surface area contributed by atoms with E-state index in [4.69, 9.17) is 16.3 Å². The minimum Gasteiger partial charge on any atom is -0.378 e. The van der Waals surface area contributed by atoms with Crippen molar-refractivity contribution >= 4 is 22.4 Å². The molecule has 3 nitrogen and oxygen atoms in total. The molecule has 0 spiro atoms. The smallest absolute Gasteiger partial charge is 0.161 e. The molecule has 0 bridgehead atoms. The average Bonchev–Trinajstić information content (AvgIpc) is 2.46. The lowest BCUT2D eigenvalue weighted by Crippen LogP contribution is -1.98. The monoisotopic (exact) mass is 284 g/mol. The van der Waals surface area contributed by atoms with Crippen LogP contribution in [-0.2, 0) is 11.3 Å². The first-order valence-electron chi connectivity index (χ1n) is 6.28. The second-order valence-corrected chi connectivity index (χ2v) is 4.85. The van der Waals surface area contributed by atoms with Crippen LogP contribution in [0, 0.1) is 0 Å². The molecule has 3 rings (SSSR count). The summed E-state index contributed by atoms with van der Waals surface area (Å²) >= 11 is 6.08. The van der Waals surface area contributed by atoms with Gasteiger partial charge in [-0.05, 0) is 16.8 Å². The number of hydrogen-bond acceptors (Lipinski definition) is 3. The Balaban J connectivity index is 2.20. The SMILES string of the molecule is COCc1cc(Cl)nc(-c2cccc3ccccc23)n1. The molecule has 0 aliphatic heterocycles. The molecule has 0 atom stereocenters. The van der Waals surface area contributed by atoms with Crippen LogP contribution in [0.3, 0.4) is 0 Å². The van der Waals surface area contributed by atoms with Gasteiger partial charge < -0.3 is 4.74 Å². The molecule has 0 saturated heterocycles. The van der Waals surface area contributed by atoms with Crippen molar-refractivity contribution < 1.29 is 4.74 Å². The van der Waals surface area contributed by atoms with E-state index in [-0.39, 0.29) is 0 Å². The standard InChI is InChI=1S/C16H13ClN2O/c1-20-10-12-9-15(17)19-16(18-12)14-8-4-6-11-5-2-3-7-13(11)14/h2-9H,10H2,1H3. The van der Waals surface area contributed by atoms with Crippen LogP contribution >= 0.6 is 11.6 Å². The number of methoxy groups -OCH3 is 1. The summed E-state index contributed by atoms with van der Waals surface area (Å²) in [4.78, 5) is 8.86. The summed E-state index contributed by atoms with van der Waals surface area (Å²) in [5.74, 6) is 0.626. The third-order valence-corrected chi connectivity index (χ3v) is 3.26. The molecule has 1 heterocycles. The van der Waals surface area contributed by atoms with Gasteiger partial charge in [0, 0.05) is 12.7 Å². The fourth-order valence-corrected chi connectivity index (χ4v) is 2.43. The van der Waals surface area contributed by atoms with Gasteiger partial charge in [-0.3, -0.25) is 0 Å². The molecule has 0 saturated carbocycles. The Hall–Kier alpha value is -1.97. The Labute approximate surface area is 122 Å². The van der Waals surface area contributed by atoms with Gasteiger partial charge in [0.05, 0.1) is 12.3 Å². The molecule has 0 amide bonds. The minimum atomic E-state index is 0.417. The van der Waals surface area contributed by atoms with Gasteiger partial charge in [-0.1, -0.05) is 54.1 Å². The predicted molar refractivity (Wildman–Crippen MR) is 80.7 cm³/mol. The van der Waals surface area contributed by atoms with E-state index in [2.05, 4.69) is 28.2 Å². The van der Waals surface area contributed by atoms with E-state index in [1.165, 1.54) is 0 Å². The van der Waals surface area contributed by atoms with Crippen LogP contribution in [0.25, 0.3) is 22.2 Å². The van der Waals surface area contributed by atoms with Gasteiger partial charge in [-0.2, -0.15) is 0 Å². The highest BCUT2D eigenvalue weighted by molar-refractivity contribution is 6.29. The van der Waals surface area contributed by atoms with Crippen molar-refractivity contribution in [1.82, 2.24) is 9.97 Å². The maximum atomic E-state index is 6.08. The van der Waals surface area contributed by atoms with Crippen LogP contribution in [-0.4, -0.2) is 17.1 Å². The molecule has 100 valence electrons. The molecule has 0 radical (unpaired) electrons. The molecular formula is C16H13ClN2O. The summed E-state index contributed by atoms with van der Waals surface area (Å²) < 4.78 is 5.11. The van der Waals surface area contributed by atoms with Gasteiger partial charge in [0.2, 0.25) is 0 Å². The van der Waals surface area contributed by atoms with Crippen molar-refractivity contribution in [3.8, 4) is 11.4 Å². The topological polar surface area (TPSA) is 35.0 Å². The van der Waals surface area contributed by atoms with Crippen LogP contribution in [0.1, 0.15) is 5.69 Å². The van der Waals surface area contributed by atoms with E-state index in [0.717, 1.165) is 22.0 Å². The van der Waals surface area contributed by atoms with Crippen LogP contribution in [0.4, 0.5) is 0 Å². The van der Waals surface area contributed by atoms with Gasteiger partial charge in [-0.25, -0.2) is 9.97 Å². The molecule has 0 aliphatic rings. The lowest BCUT2D eigenvalue weighted by atomic mass is 10.0. The van der Waals surface area contributed by atoms with Crippen molar-refractivity contribution in [3.63, 3.8) is 0 Å². The van der Waals surface area contributed by atoms with E-state index in [1.54, 1.807) is 13.2 Å². The van der Waals surface area contributed by atoms with Crippen LogP contribution in [0.2, 0.25) is 5.15 Å². The van der Waals surface area contributed by atoms with Gasteiger partial charge in [-0.15, -0.1) is 0 Å². The van der Waals surface area contributed by atoms with Crippen molar-refractivity contribution in [2.24, 2.45) is 0 Å². The minimum absolute atomic E-state index is 0.417. The molecule has 3 aromatic rings. The third kappa shape index (κ3) is 2.50. The summed E-state index contributed by atoms with van der Waals surface area (Å²) in [5, 5.41) is 2.69. The first-order chi connectivity index (χ1) is 9.78. The number of fused-ring (bicyclic) bond motifs is 1. The molecule has 0 unspecified atom stereocenters. The molecule has 2 aromatic carbocycles. The molecule has 1 aromatic heterocycles. The van der Waals surface area contributed by atoms with E-state index in [0.29, 0.717) is 17.6 Å². The Bertz CT molecular complexity index is 753. The zero-order chi connectivity index (χ0) is 13.9. The second kappa shape index (κ2) is 5.57. The maximum absolute atomic E-state index is 6.08. The van der Waals surface area contributed by atoms with Gasteiger partial charge in [0.1, 0.15) is 5.15 Å². The van der Waals surface area contributed by atoms with E-state index in [1.807, 2.05) is 24.3 Å². The largest absolute Gasteiger partial charge is 0.378 e. The normalized spacial score (nSPS) is 10.9. The summed E-state index contributed by atoms with van der Waals surface area (Å²) in [7, 11) is 1.63. The van der Waals surface area contributed by atoms with E-state index >= 15 is 0 Å². The third-order valence-electron chi connectivity index (χ3n) is 3.07.